The minimum atomic E-state index is -0.117. The van der Waals surface area contributed by atoms with Gasteiger partial charge in [0.05, 0.1) is 17.8 Å². The number of carbonyl (C=O) groups excluding carboxylic acids is 2. The molecule has 5 nitrogen and oxygen atoms in total. The molecule has 0 aromatic heterocycles. The van der Waals surface area contributed by atoms with Crippen LogP contribution in [0.1, 0.15) is 29.6 Å². The zero-order valence-corrected chi connectivity index (χ0v) is 12.6. The SMILES string of the molecule is CN(C)CC(=O)N1c2ccccc2C(=O)N2CCCCC21. The second-order valence-corrected chi connectivity index (χ2v) is 5.99. The van der Waals surface area contributed by atoms with Gasteiger partial charge in [0.2, 0.25) is 5.91 Å². The second-order valence-electron chi connectivity index (χ2n) is 5.99. The number of nitrogens with zero attached hydrogens (tertiary/aromatic N) is 3. The highest BCUT2D eigenvalue weighted by molar-refractivity contribution is 6.08. The van der Waals surface area contributed by atoms with E-state index in [4.69, 9.17) is 0 Å². The third-order valence-electron chi connectivity index (χ3n) is 4.14. The van der Waals surface area contributed by atoms with E-state index in [2.05, 4.69) is 0 Å². The normalized spacial score (nSPS) is 21.3. The number of piperidine rings is 1. The number of anilines is 1. The van der Waals surface area contributed by atoms with Crippen LogP contribution in [0.15, 0.2) is 24.3 Å². The van der Waals surface area contributed by atoms with Crippen LogP contribution in [-0.4, -0.2) is 55.0 Å². The largest absolute Gasteiger partial charge is 0.318 e. The molecule has 0 spiro atoms. The van der Waals surface area contributed by atoms with Crippen LogP contribution in [0.5, 0.6) is 0 Å². The molecule has 2 aliphatic heterocycles. The zero-order chi connectivity index (χ0) is 15.0. The summed E-state index contributed by atoms with van der Waals surface area (Å²) in [5.41, 5.74) is 1.40. The van der Waals surface area contributed by atoms with Gasteiger partial charge in [-0.2, -0.15) is 0 Å². The molecule has 2 heterocycles. The average Bonchev–Trinajstić information content (AvgIpc) is 2.47. The van der Waals surface area contributed by atoms with Crippen molar-refractivity contribution in [3.05, 3.63) is 29.8 Å². The summed E-state index contributed by atoms with van der Waals surface area (Å²) in [4.78, 5) is 30.9. The van der Waals surface area contributed by atoms with Crippen molar-refractivity contribution in [2.75, 3.05) is 32.1 Å². The Morgan fingerprint density at radius 1 is 1.29 bits per heavy atom. The summed E-state index contributed by atoms with van der Waals surface area (Å²) < 4.78 is 0. The van der Waals surface area contributed by atoms with E-state index >= 15 is 0 Å². The standard InChI is InChI=1S/C16H21N3O2/c1-17(2)11-15(20)19-13-8-4-3-7-12(13)16(21)18-10-6-5-9-14(18)19/h3-4,7-8,14H,5-6,9-11H2,1-2H3. The van der Waals surface area contributed by atoms with E-state index < -0.39 is 0 Å². The molecule has 0 N–H and O–H groups in total. The van der Waals surface area contributed by atoms with E-state index in [0.717, 1.165) is 31.5 Å². The summed E-state index contributed by atoms with van der Waals surface area (Å²) in [5.74, 6) is 0.112. The number of carbonyl (C=O) groups is 2. The quantitative estimate of drug-likeness (QED) is 0.829. The first-order valence-electron chi connectivity index (χ1n) is 7.46. The van der Waals surface area contributed by atoms with E-state index in [1.807, 2.05) is 53.1 Å². The number of fused-ring (bicyclic) bond motifs is 2. The molecule has 0 saturated carbocycles. The van der Waals surface area contributed by atoms with Crippen LogP contribution >= 0.6 is 0 Å². The molecule has 0 aliphatic carbocycles. The first-order valence-corrected chi connectivity index (χ1v) is 7.46. The predicted octanol–water partition coefficient (Wildman–Crippen LogP) is 1.55. The van der Waals surface area contributed by atoms with Crippen LogP contribution in [0.4, 0.5) is 5.69 Å². The zero-order valence-electron chi connectivity index (χ0n) is 12.6. The Balaban J connectivity index is 2.04. The number of hydrogen-bond donors (Lipinski definition) is 0. The fourth-order valence-electron chi connectivity index (χ4n) is 3.25. The molecule has 5 heteroatoms. The lowest BCUT2D eigenvalue weighted by Gasteiger charge is -2.47. The summed E-state index contributed by atoms with van der Waals surface area (Å²) >= 11 is 0. The highest BCUT2D eigenvalue weighted by Gasteiger charge is 2.41. The van der Waals surface area contributed by atoms with Gasteiger partial charge in [-0.05, 0) is 45.5 Å². The third kappa shape index (κ3) is 2.42. The Kier molecular flexibility index (Phi) is 3.68. The van der Waals surface area contributed by atoms with Gasteiger partial charge in [0, 0.05) is 6.54 Å². The van der Waals surface area contributed by atoms with Crippen molar-refractivity contribution in [2.24, 2.45) is 0 Å². The number of rotatable bonds is 2. The van der Waals surface area contributed by atoms with Crippen LogP contribution in [0.3, 0.4) is 0 Å². The molecule has 0 bridgehead atoms. The highest BCUT2D eigenvalue weighted by Crippen LogP contribution is 2.35. The number of hydrogen-bond acceptors (Lipinski definition) is 3. The fourth-order valence-corrected chi connectivity index (χ4v) is 3.25. The van der Waals surface area contributed by atoms with E-state index in [1.165, 1.54) is 0 Å². The van der Waals surface area contributed by atoms with Crippen LogP contribution in [-0.2, 0) is 4.79 Å². The molecule has 1 atom stereocenters. The predicted molar refractivity (Wildman–Crippen MR) is 81.2 cm³/mol. The average molecular weight is 287 g/mol. The first-order chi connectivity index (χ1) is 10.1. The fraction of sp³-hybridized carbons (Fsp3) is 0.500. The van der Waals surface area contributed by atoms with Gasteiger partial charge < -0.3 is 9.80 Å². The Hall–Kier alpha value is -1.88. The second kappa shape index (κ2) is 5.48. The first kappa shape index (κ1) is 14.1. The molecule has 2 aliphatic rings. The molecule has 1 fully saturated rings. The van der Waals surface area contributed by atoms with Crippen molar-refractivity contribution in [1.29, 1.82) is 0 Å². The van der Waals surface area contributed by atoms with Gasteiger partial charge in [-0.25, -0.2) is 0 Å². The van der Waals surface area contributed by atoms with Crippen molar-refractivity contribution < 1.29 is 9.59 Å². The van der Waals surface area contributed by atoms with Gasteiger partial charge in [-0.3, -0.25) is 14.5 Å². The minimum Gasteiger partial charge on any atom is -0.318 e. The highest BCUT2D eigenvalue weighted by atomic mass is 16.2. The van der Waals surface area contributed by atoms with Crippen LogP contribution in [0, 0.1) is 0 Å². The van der Waals surface area contributed by atoms with E-state index in [0.29, 0.717) is 12.1 Å². The smallest absolute Gasteiger partial charge is 0.257 e. The molecular weight excluding hydrogens is 266 g/mol. The lowest BCUT2D eigenvalue weighted by Crippen LogP contribution is -2.60. The molecule has 1 aromatic rings. The van der Waals surface area contributed by atoms with Crippen LogP contribution < -0.4 is 4.90 Å². The molecule has 1 aromatic carbocycles. The Bertz CT molecular complexity index is 570. The van der Waals surface area contributed by atoms with Crippen molar-refractivity contribution in [3.63, 3.8) is 0 Å². The van der Waals surface area contributed by atoms with Crippen molar-refractivity contribution >= 4 is 17.5 Å². The summed E-state index contributed by atoms with van der Waals surface area (Å²) in [5, 5.41) is 0. The molecule has 2 amide bonds. The summed E-state index contributed by atoms with van der Waals surface area (Å²) in [7, 11) is 3.77. The van der Waals surface area contributed by atoms with Gasteiger partial charge in [-0.1, -0.05) is 12.1 Å². The summed E-state index contributed by atoms with van der Waals surface area (Å²) in [6.07, 6.45) is 2.82. The third-order valence-corrected chi connectivity index (χ3v) is 4.14. The molecular formula is C16H21N3O2. The molecule has 1 saturated heterocycles. The molecule has 3 rings (SSSR count). The lowest BCUT2D eigenvalue weighted by molar-refractivity contribution is -0.120. The van der Waals surface area contributed by atoms with Crippen molar-refractivity contribution in [1.82, 2.24) is 9.80 Å². The van der Waals surface area contributed by atoms with Gasteiger partial charge >= 0.3 is 0 Å². The molecule has 112 valence electrons. The topological polar surface area (TPSA) is 43.9 Å². The minimum absolute atomic E-state index is 0.0526. The maximum Gasteiger partial charge on any atom is 0.257 e. The number of para-hydroxylation sites is 1. The molecule has 21 heavy (non-hydrogen) atoms. The van der Waals surface area contributed by atoms with Crippen LogP contribution in [0.2, 0.25) is 0 Å². The van der Waals surface area contributed by atoms with Crippen LogP contribution in [0.25, 0.3) is 0 Å². The van der Waals surface area contributed by atoms with E-state index in [-0.39, 0.29) is 18.0 Å². The van der Waals surface area contributed by atoms with E-state index in [9.17, 15) is 9.59 Å². The molecule has 1 unspecified atom stereocenters. The Labute approximate surface area is 125 Å². The van der Waals surface area contributed by atoms with Gasteiger partial charge in [0.15, 0.2) is 0 Å². The number of benzene rings is 1. The Morgan fingerprint density at radius 3 is 2.81 bits per heavy atom. The van der Waals surface area contributed by atoms with Crippen molar-refractivity contribution in [2.45, 2.75) is 25.4 Å². The molecule has 0 radical (unpaired) electrons. The van der Waals surface area contributed by atoms with Gasteiger partial charge in [-0.15, -0.1) is 0 Å². The lowest BCUT2D eigenvalue weighted by atomic mass is 9.98. The maximum atomic E-state index is 12.7. The van der Waals surface area contributed by atoms with E-state index in [1.54, 1.807) is 0 Å². The van der Waals surface area contributed by atoms with Crippen molar-refractivity contribution in [3.8, 4) is 0 Å². The van der Waals surface area contributed by atoms with Gasteiger partial charge in [0.25, 0.3) is 5.91 Å². The number of amides is 2. The summed E-state index contributed by atoms with van der Waals surface area (Å²) in [6, 6.07) is 7.45. The summed E-state index contributed by atoms with van der Waals surface area (Å²) in [6.45, 7) is 1.09. The number of likely N-dealkylation sites (N-methyl/N-ethyl adjacent to an activating group) is 1. The maximum absolute atomic E-state index is 12.7. The van der Waals surface area contributed by atoms with Gasteiger partial charge in [0.1, 0.15) is 6.17 Å². The monoisotopic (exact) mass is 287 g/mol. The Morgan fingerprint density at radius 2 is 2.05 bits per heavy atom.